The van der Waals surface area contributed by atoms with E-state index in [1.165, 1.54) is 0 Å². The van der Waals surface area contributed by atoms with Gasteiger partial charge in [0.15, 0.2) is 0 Å². The van der Waals surface area contributed by atoms with Crippen molar-refractivity contribution in [2.24, 2.45) is 5.92 Å². The predicted octanol–water partition coefficient (Wildman–Crippen LogP) is -1.12. The molecule has 0 bridgehead atoms. The highest BCUT2D eigenvalue weighted by atomic mass is 16.5. The lowest BCUT2D eigenvalue weighted by Crippen LogP contribution is -2.56. The van der Waals surface area contributed by atoms with Gasteiger partial charge in [0, 0.05) is 19.0 Å². The van der Waals surface area contributed by atoms with Gasteiger partial charge in [0.25, 0.3) is 0 Å². The van der Waals surface area contributed by atoms with Crippen LogP contribution < -0.4 is 10.6 Å². The van der Waals surface area contributed by atoms with Crippen LogP contribution in [0.3, 0.4) is 0 Å². The SMILES string of the molecule is CCOC(=O)C(NC=O)C1CNC1. The molecule has 1 unspecified atom stereocenters. The monoisotopic (exact) mass is 186 g/mol. The first-order valence-corrected chi connectivity index (χ1v) is 4.36. The summed E-state index contributed by atoms with van der Waals surface area (Å²) in [7, 11) is 0. The van der Waals surface area contributed by atoms with Gasteiger partial charge in [-0.3, -0.25) is 4.79 Å². The zero-order chi connectivity index (χ0) is 9.68. The van der Waals surface area contributed by atoms with Gasteiger partial charge in [0.2, 0.25) is 6.41 Å². The van der Waals surface area contributed by atoms with Gasteiger partial charge in [-0.05, 0) is 6.92 Å². The molecule has 1 rings (SSSR count). The summed E-state index contributed by atoms with van der Waals surface area (Å²) >= 11 is 0. The van der Waals surface area contributed by atoms with Crippen molar-refractivity contribution in [2.45, 2.75) is 13.0 Å². The quantitative estimate of drug-likeness (QED) is 0.422. The summed E-state index contributed by atoms with van der Waals surface area (Å²) in [6, 6.07) is -0.487. The Labute approximate surface area is 76.8 Å². The first-order valence-electron chi connectivity index (χ1n) is 4.36. The molecule has 0 aliphatic carbocycles. The third-order valence-corrected chi connectivity index (χ3v) is 2.07. The fourth-order valence-corrected chi connectivity index (χ4v) is 1.25. The molecule has 0 aromatic rings. The Kier molecular flexibility index (Phi) is 3.70. The molecule has 1 fully saturated rings. The van der Waals surface area contributed by atoms with Crippen molar-refractivity contribution in [1.82, 2.24) is 10.6 Å². The van der Waals surface area contributed by atoms with Gasteiger partial charge in [-0.25, -0.2) is 4.79 Å². The molecule has 0 spiro atoms. The topological polar surface area (TPSA) is 67.4 Å². The minimum atomic E-state index is -0.487. The van der Waals surface area contributed by atoms with Crippen LogP contribution in [0.2, 0.25) is 0 Å². The molecule has 1 heterocycles. The second-order valence-corrected chi connectivity index (χ2v) is 2.93. The highest BCUT2D eigenvalue weighted by Gasteiger charge is 2.33. The number of hydrogen-bond donors (Lipinski definition) is 2. The lowest BCUT2D eigenvalue weighted by Gasteiger charge is -2.32. The summed E-state index contributed by atoms with van der Waals surface area (Å²) in [4.78, 5) is 21.5. The van der Waals surface area contributed by atoms with E-state index in [0.717, 1.165) is 13.1 Å². The van der Waals surface area contributed by atoms with Crippen molar-refractivity contribution in [3.05, 3.63) is 0 Å². The Morgan fingerprint density at radius 1 is 1.77 bits per heavy atom. The van der Waals surface area contributed by atoms with E-state index in [1.807, 2.05) is 0 Å². The number of amides is 1. The zero-order valence-electron chi connectivity index (χ0n) is 7.58. The molecular weight excluding hydrogens is 172 g/mol. The van der Waals surface area contributed by atoms with Crippen LogP contribution in [0.5, 0.6) is 0 Å². The molecule has 0 saturated carbocycles. The smallest absolute Gasteiger partial charge is 0.329 e. The predicted molar refractivity (Wildman–Crippen MR) is 46.0 cm³/mol. The first-order chi connectivity index (χ1) is 6.29. The first kappa shape index (κ1) is 9.98. The number of nitrogens with one attached hydrogen (secondary N) is 2. The van der Waals surface area contributed by atoms with Crippen molar-refractivity contribution in [2.75, 3.05) is 19.7 Å². The van der Waals surface area contributed by atoms with Crippen LogP contribution in [-0.4, -0.2) is 38.1 Å². The fraction of sp³-hybridized carbons (Fsp3) is 0.750. The Bertz CT molecular complexity index is 192. The van der Waals surface area contributed by atoms with Crippen molar-refractivity contribution in [1.29, 1.82) is 0 Å². The molecule has 1 atom stereocenters. The normalized spacial score (nSPS) is 18.5. The van der Waals surface area contributed by atoms with Gasteiger partial charge in [-0.15, -0.1) is 0 Å². The summed E-state index contributed by atoms with van der Waals surface area (Å²) in [6.45, 7) is 3.60. The molecule has 5 nitrogen and oxygen atoms in total. The zero-order valence-corrected chi connectivity index (χ0v) is 7.58. The van der Waals surface area contributed by atoms with Gasteiger partial charge >= 0.3 is 5.97 Å². The van der Waals surface area contributed by atoms with E-state index in [1.54, 1.807) is 6.92 Å². The molecule has 1 amide bonds. The molecule has 0 aromatic carbocycles. The van der Waals surface area contributed by atoms with Gasteiger partial charge < -0.3 is 15.4 Å². The van der Waals surface area contributed by atoms with Crippen LogP contribution in [0.15, 0.2) is 0 Å². The van der Waals surface area contributed by atoms with Crippen LogP contribution in [0.1, 0.15) is 6.92 Å². The molecule has 1 aliphatic rings. The number of carbonyl (C=O) groups is 2. The maximum absolute atomic E-state index is 11.3. The summed E-state index contributed by atoms with van der Waals surface area (Å²) in [5.74, 6) is -0.176. The molecule has 13 heavy (non-hydrogen) atoms. The van der Waals surface area contributed by atoms with Crippen molar-refractivity contribution < 1.29 is 14.3 Å². The van der Waals surface area contributed by atoms with Crippen LogP contribution in [0.25, 0.3) is 0 Å². The molecule has 1 aliphatic heterocycles. The Morgan fingerprint density at radius 3 is 2.85 bits per heavy atom. The minimum absolute atomic E-state index is 0.171. The average molecular weight is 186 g/mol. The molecule has 0 aromatic heterocycles. The number of carbonyl (C=O) groups excluding carboxylic acids is 2. The molecule has 1 saturated heterocycles. The highest BCUT2D eigenvalue weighted by molar-refractivity contribution is 5.78. The van der Waals surface area contributed by atoms with Crippen molar-refractivity contribution in [3.63, 3.8) is 0 Å². The van der Waals surface area contributed by atoms with Gasteiger partial charge in [0.1, 0.15) is 6.04 Å². The second-order valence-electron chi connectivity index (χ2n) is 2.93. The molecule has 2 N–H and O–H groups in total. The summed E-state index contributed by atoms with van der Waals surface area (Å²) in [5.41, 5.74) is 0. The van der Waals surface area contributed by atoms with Crippen LogP contribution in [-0.2, 0) is 14.3 Å². The minimum Gasteiger partial charge on any atom is -0.464 e. The Morgan fingerprint density at radius 2 is 2.46 bits per heavy atom. The molecule has 0 radical (unpaired) electrons. The maximum Gasteiger partial charge on any atom is 0.329 e. The molecule has 5 heteroatoms. The van der Waals surface area contributed by atoms with Gasteiger partial charge in [0.05, 0.1) is 6.61 Å². The van der Waals surface area contributed by atoms with Crippen LogP contribution in [0, 0.1) is 5.92 Å². The molecular formula is C8H14N2O3. The fourth-order valence-electron chi connectivity index (χ4n) is 1.25. The van der Waals surface area contributed by atoms with E-state index in [9.17, 15) is 9.59 Å². The average Bonchev–Trinajstić information content (AvgIpc) is 2.01. The number of rotatable bonds is 5. The standard InChI is InChI=1S/C8H14N2O3/c1-2-13-8(12)7(10-5-11)6-3-9-4-6/h5-7,9H,2-4H2,1H3,(H,10,11). The van der Waals surface area contributed by atoms with E-state index >= 15 is 0 Å². The van der Waals surface area contributed by atoms with Gasteiger partial charge in [-0.1, -0.05) is 0 Å². The van der Waals surface area contributed by atoms with E-state index in [4.69, 9.17) is 4.74 Å². The van der Waals surface area contributed by atoms with E-state index in [0.29, 0.717) is 13.0 Å². The van der Waals surface area contributed by atoms with E-state index in [-0.39, 0.29) is 11.9 Å². The Hall–Kier alpha value is -1.10. The maximum atomic E-state index is 11.3. The van der Waals surface area contributed by atoms with Crippen molar-refractivity contribution in [3.8, 4) is 0 Å². The third kappa shape index (κ3) is 2.42. The number of esters is 1. The lowest BCUT2D eigenvalue weighted by molar-refractivity contribution is -0.148. The number of hydrogen-bond acceptors (Lipinski definition) is 4. The summed E-state index contributed by atoms with van der Waals surface area (Å²) in [5, 5.41) is 5.51. The highest BCUT2D eigenvalue weighted by Crippen LogP contribution is 2.10. The van der Waals surface area contributed by atoms with E-state index < -0.39 is 6.04 Å². The third-order valence-electron chi connectivity index (χ3n) is 2.07. The van der Waals surface area contributed by atoms with Crippen molar-refractivity contribution >= 4 is 12.4 Å². The number of ether oxygens (including phenoxy) is 1. The molecule has 74 valence electrons. The largest absolute Gasteiger partial charge is 0.464 e. The summed E-state index contributed by atoms with van der Waals surface area (Å²) in [6.07, 6.45) is 0.542. The van der Waals surface area contributed by atoms with Crippen LogP contribution >= 0.6 is 0 Å². The van der Waals surface area contributed by atoms with Crippen LogP contribution in [0.4, 0.5) is 0 Å². The van der Waals surface area contributed by atoms with Gasteiger partial charge in [-0.2, -0.15) is 0 Å². The Balaban J connectivity index is 2.44. The van der Waals surface area contributed by atoms with E-state index in [2.05, 4.69) is 10.6 Å². The summed E-state index contributed by atoms with van der Waals surface area (Å²) < 4.78 is 4.83. The second kappa shape index (κ2) is 4.81. The lowest BCUT2D eigenvalue weighted by atomic mass is 9.94.